The summed E-state index contributed by atoms with van der Waals surface area (Å²) in [6.07, 6.45) is 0. The summed E-state index contributed by atoms with van der Waals surface area (Å²) < 4.78 is 0. The van der Waals surface area contributed by atoms with Crippen molar-refractivity contribution in [1.82, 2.24) is 0 Å². The molecule has 15 heavy (non-hydrogen) atoms. The van der Waals surface area contributed by atoms with Gasteiger partial charge in [-0.2, -0.15) is 0 Å². The third kappa shape index (κ3) is 4.40. The van der Waals surface area contributed by atoms with Crippen molar-refractivity contribution in [2.45, 2.75) is 58.5 Å². The highest BCUT2D eigenvalue weighted by molar-refractivity contribution is 6.88. The Morgan fingerprint density at radius 2 is 1.40 bits per heavy atom. The first-order valence-electron chi connectivity index (χ1n) is 5.60. The van der Waals surface area contributed by atoms with Crippen molar-refractivity contribution < 1.29 is 0 Å². The molecule has 0 rings (SSSR count). The molecule has 0 amide bonds. The normalized spacial score (nSPS) is 13.1. The van der Waals surface area contributed by atoms with E-state index in [2.05, 4.69) is 71.5 Å². The molecule has 0 saturated carbocycles. The predicted octanol–water partition coefficient (Wildman–Crippen LogP) is 4.47. The fourth-order valence-corrected chi connectivity index (χ4v) is 2.01. The minimum Gasteiger partial charge on any atom is -0.127 e. The van der Waals surface area contributed by atoms with Crippen LogP contribution in [0.25, 0.3) is 0 Å². The summed E-state index contributed by atoms with van der Waals surface area (Å²) in [5.41, 5.74) is 3.53. The molecule has 0 aliphatic rings. The first-order chi connectivity index (χ1) is 6.38. The van der Waals surface area contributed by atoms with Gasteiger partial charge < -0.3 is 0 Å². The second-order valence-corrected chi connectivity index (χ2v) is 17.0. The Bertz CT molecular complexity index is 300. The first kappa shape index (κ1) is 14.7. The van der Waals surface area contributed by atoms with Gasteiger partial charge >= 0.3 is 0 Å². The van der Waals surface area contributed by atoms with Crippen LogP contribution in [0.4, 0.5) is 0 Å². The van der Waals surface area contributed by atoms with Gasteiger partial charge in [-0.3, -0.25) is 0 Å². The van der Waals surface area contributed by atoms with Crippen LogP contribution >= 0.6 is 0 Å². The molecule has 0 heterocycles. The molecular weight excluding hydrogens is 212 g/mol. The van der Waals surface area contributed by atoms with E-state index in [4.69, 9.17) is 0 Å². The Balaban J connectivity index is 4.91. The number of rotatable bonds is 1. The highest BCUT2D eigenvalue weighted by Crippen LogP contribution is 2.35. The molecule has 86 valence electrons. The Hall–Kier alpha value is -0.266. The van der Waals surface area contributed by atoms with Crippen LogP contribution in [0.15, 0.2) is 11.8 Å². The summed E-state index contributed by atoms with van der Waals surface area (Å²) in [4.78, 5) is 0. The summed E-state index contributed by atoms with van der Waals surface area (Å²) in [6.45, 7) is 22.6. The third-order valence-electron chi connectivity index (χ3n) is 3.31. The van der Waals surface area contributed by atoms with Gasteiger partial charge in [0.2, 0.25) is 0 Å². The van der Waals surface area contributed by atoms with E-state index in [-0.39, 0.29) is 0 Å². The van der Waals surface area contributed by atoms with Crippen LogP contribution in [-0.4, -0.2) is 16.1 Å². The van der Waals surface area contributed by atoms with E-state index in [1.165, 1.54) is 5.20 Å². The maximum atomic E-state index is 4.12. The van der Waals surface area contributed by atoms with Crippen molar-refractivity contribution in [2.24, 2.45) is 0 Å². The van der Waals surface area contributed by atoms with Crippen LogP contribution < -0.4 is 0 Å². The van der Waals surface area contributed by atoms with Crippen molar-refractivity contribution in [3.8, 4) is 11.5 Å². The maximum absolute atomic E-state index is 4.12. The van der Waals surface area contributed by atoms with Gasteiger partial charge in [-0.15, -0.1) is 5.54 Å². The molecule has 2 heteroatoms. The molecule has 0 fully saturated rings. The maximum Gasteiger partial charge on any atom is 0.138 e. The van der Waals surface area contributed by atoms with Crippen LogP contribution in [-0.2, 0) is 0 Å². The van der Waals surface area contributed by atoms with E-state index in [0.717, 1.165) is 0 Å². The minimum atomic E-state index is -1.45. The summed E-state index contributed by atoms with van der Waals surface area (Å²) in [7, 11) is -2.71. The lowest BCUT2D eigenvalue weighted by molar-refractivity contribution is 0.731. The van der Waals surface area contributed by atoms with Gasteiger partial charge in [0.1, 0.15) is 8.07 Å². The molecule has 0 aromatic carbocycles. The van der Waals surface area contributed by atoms with Gasteiger partial charge in [0, 0.05) is 0 Å². The lowest BCUT2D eigenvalue weighted by atomic mass is 10.2. The lowest BCUT2D eigenvalue weighted by Crippen LogP contribution is -2.36. The lowest BCUT2D eigenvalue weighted by Gasteiger charge is -2.31. The molecular formula is C13H26Si2. The van der Waals surface area contributed by atoms with Gasteiger partial charge in [0.25, 0.3) is 0 Å². The minimum absolute atomic E-state index is 0.347. The van der Waals surface area contributed by atoms with Gasteiger partial charge in [0.05, 0.1) is 8.07 Å². The topological polar surface area (TPSA) is 0 Å². The predicted molar refractivity (Wildman–Crippen MR) is 77.5 cm³/mol. The Kier molecular flexibility index (Phi) is 4.23. The summed E-state index contributed by atoms with van der Waals surface area (Å²) in [5.74, 6) is 3.35. The monoisotopic (exact) mass is 238 g/mol. The van der Waals surface area contributed by atoms with E-state index in [1.54, 1.807) is 0 Å². The van der Waals surface area contributed by atoms with E-state index in [0.29, 0.717) is 5.04 Å². The third-order valence-corrected chi connectivity index (χ3v) is 9.74. The zero-order valence-electron chi connectivity index (χ0n) is 11.7. The van der Waals surface area contributed by atoms with Crippen LogP contribution in [0.5, 0.6) is 0 Å². The smallest absolute Gasteiger partial charge is 0.127 e. The van der Waals surface area contributed by atoms with E-state index >= 15 is 0 Å². The fraction of sp³-hybridized carbons (Fsp3) is 0.692. The SMILES string of the molecule is C=C(C#C[Si](C)(C)C(C)(C)C)[Si](C)(C)C. The van der Waals surface area contributed by atoms with Crippen LogP contribution in [0.1, 0.15) is 20.8 Å². The molecule has 0 saturated heterocycles. The second kappa shape index (κ2) is 4.31. The average Bonchev–Trinajstić information content (AvgIpc) is 1.96. The highest BCUT2D eigenvalue weighted by atomic mass is 28.3. The standard InChI is InChI=1S/C13H26Si2/c1-12(14(5,6)7)10-11-15(8,9)13(2,3)4/h1H2,2-9H3. The van der Waals surface area contributed by atoms with Crippen molar-refractivity contribution in [3.63, 3.8) is 0 Å². The first-order valence-corrected chi connectivity index (χ1v) is 12.1. The van der Waals surface area contributed by atoms with Crippen molar-refractivity contribution in [1.29, 1.82) is 0 Å². The quantitative estimate of drug-likeness (QED) is 0.467. The fourth-order valence-electron chi connectivity index (χ4n) is 0.607. The van der Waals surface area contributed by atoms with E-state index in [1.807, 2.05) is 0 Å². The molecule has 0 spiro atoms. The van der Waals surface area contributed by atoms with Crippen LogP contribution in [0.2, 0.25) is 37.8 Å². The molecule has 0 atom stereocenters. The number of hydrogen-bond donors (Lipinski definition) is 0. The average molecular weight is 239 g/mol. The van der Waals surface area contributed by atoms with Gasteiger partial charge in [0.15, 0.2) is 0 Å². The summed E-state index contributed by atoms with van der Waals surface area (Å²) >= 11 is 0. The number of allylic oxidation sites excluding steroid dienone is 1. The molecule has 0 aliphatic carbocycles. The van der Waals surface area contributed by atoms with Crippen LogP contribution in [0.3, 0.4) is 0 Å². The van der Waals surface area contributed by atoms with Crippen molar-refractivity contribution >= 4 is 16.1 Å². The Labute approximate surface area is 98.2 Å². The molecule has 0 N–H and O–H groups in total. The van der Waals surface area contributed by atoms with Gasteiger partial charge in [-0.1, -0.05) is 66.0 Å². The molecule has 0 bridgehead atoms. The van der Waals surface area contributed by atoms with Gasteiger partial charge in [-0.05, 0) is 10.2 Å². The van der Waals surface area contributed by atoms with Crippen LogP contribution in [0, 0.1) is 11.5 Å². The number of hydrogen-bond acceptors (Lipinski definition) is 0. The summed E-state index contributed by atoms with van der Waals surface area (Å²) in [5, 5.41) is 1.53. The molecule has 0 aromatic rings. The Morgan fingerprint density at radius 3 is 1.67 bits per heavy atom. The van der Waals surface area contributed by atoms with Gasteiger partial charge in [-0.25, -0.2) is 0 Å². The van der Waals surface area contributed by atoms with Crippen molar-refractivity contribution in [2.75, 3.05) is 0 Å². The summed E-state index contributed by atoms with van der Waals surface area (Å²) in [6, 6.07) is 0. The van der Waals surface area contributed by atoms with E-state index < -0.39 is 16.1 Å². The molecule has 0 radical (unpaired) electrons. The van der Waals surface area contributed by atoms with E-state index in [9.17, 15) is 0 Å². The highest BCUT2D eigenvalue weighted by Gasteiger charge is 2.33. The molecule has 0 aliphatic heterocycles. The largest absolute Gasteiger partial charge is 0.138 e. The zero-order chi connectivity index (χ0) is 12.5. The van der Waals surface area contributed by atoms with Crippen molar-refractivity contribution in [3.05, 3.63) is 11.8 Å². The zero-order valence-corrected chi connectivity index (χ0v) is 13.7. The Morgan fingerprint density at radius 1 is 1.00 bits per heavy atom. The molecule has 0 aromatic heterocycles. The second-order valence-electron chi connectivity index (χ2n) is 6.85. The molecule has 0 nitrogen and oxygen atoms in total. The molecule has 0 unspecified atom stereocenters.